The van der Waals surface area contributed by atoms with Gasteiger partial charge in [0.1, 0.15) is 0 Å². The lowest BCUT2D eigenvalue weighted by molar-refractivity contribution is 0.269. The number of hydrogen-bond donors (Lipinski definition) is 1. The summed E-state index contributed by atoms with van der Waals surface area (Å²) in [6, 6.07) is 0.0417. The first-order chi connectivity index (χ1) is 6.15. The van der Waals surface area contributed by atoms with Crippen molar-refractivity contribution in [3.63, 3.8) is 0 Å². The van der Waals surface area contributed by atoms with Crippen molar-refractivity contribution < 1.29 is 5.11 Å². The Hall–Kier alpha value is -0.430. The van der Waals surface area contributed by atoms with Gasteiger partial charge in [-0.25, -0.2) is 9.97 Å². The van der Waals surface area contributed by atoms with Crippen molar-refractivity contribution in [1.82, 2.24) is 9.97 Å². The Labute approximate surface area is 91.1 Å². The van der Waals surface area contributed by atoms with E-state index in [0.717, 1.165) is 3.57 Å². The molecule has 1 N–H and O–H groups in total. The van der Waals surface area contributed by atoms with Crippen LogP contribution in [0.3, 0.4) is 0 Å². The van der Waals surface area contributed by atoms with Crippen molar-refractivity contribution in [2.75, 3.05) is 18.6 Å². The van der Waals surface area contributed by atoms with Gasteiger partial charge in [-0.3, -0.25) is 0 Å². The molecule has 0 bridgehead atoms. The molecule has 0 aliphatic carbocycles. The molecule has 1 atom stereocenters. The van der Waals surface area contributed by atoms with Crippen molar-refractivity contribution in [3.05, 3.63) is 16.0 Å². The molecule has 0 spiro atoms. The average molecular weight is 293 g/mol. The minimum absolute atomic E-state index is 0.0417. The highest BCUT2D eigenvalue weighted by atomic mass is 127. The summed E-state index contributed by atoms with van der Waals surface area (Å²) in [6.45, 7) is 2.02. The van der Waals surface area contributed by atoms with Crippen LogP contribution in [0, 0.1) is 3.57 Å². The zero-order chi connectivity index (χ0) is 9.84. The summed E-state index contributed by atoms with van der Waals surface area (Å²) in [4.78, 5) is 10.1. The molecular formula is C8H12IN3O. The molecule has 13 heavy (non-hydrogen) atoms. The molecule has 0 saturated carbocycles. The van der Waals surface area contributed by atoms with Gasteiger partial charge in [-0.2, -0.15) is 0 Å². The second-order valence-corrected chi connectivity index (χ2v) is 4.09. The molecule has 1 aromatic rings. The largest absolute Gasteiger partial charge is 0.394 e. The molecular weight excluding hydrogens is 281 g/mol. The molecule has 1 heterocycles. The second kappa shape index (κ2) is 4.71. The third-order valence-corrected chi connectivity index (χ3v) is 2.40. The van der Waals surface area contributed by atoms with E-state index in [9.17, 15) is 0 Å². The van der Waals surface area contributed by atoms with Crippen LogP contribution < -0.4 is 4.90 Å². The lowest BCUT2D eigenvalue weighted by Crippen LogP contribution is -2.33. The summed E-state index contributed by atoms with van der Waals surface area (Å²) >= 11 is 2.15. The Morgan fingerprint density at radius 2 is 2.08 bits per heavy atom. The van der Waals surface area contributed by atoms with Gasteiger partial charge in [-0.1, -0.05) is 0 Å². The zero-order valence-electron chi connectivity index (χ0n) is 7.61. The molecule has 72 valence electrons. The molecule has 4 nitrogen and oxygen atoms in total. The average Bonchev–Trinajstić information content (AvgIpc) is 2.17. The van der Waals surface area contributed by atoms with Gasteiger partial charge in [0.15, 0.2) is 0 Å². The number of aliphatic hydroxyl groups is 1. The van der Waals surface area contributed by atoms with Crippen molar-refractivity contribution in [2.45, 2.75) is 13.0 Å². The number of aliphatic hydroxyl groups excluding tert-OH is 1. The molecule has 1 rings (SSSR count). The number of anilines is 1. The van der Waals surface area contributed by atoms with Crippen LogP contribution in [0.15, 0.2) is 12.4 Å². The molecule has 0 aliphatic rings. The maximum Gasteiger partial charge on any atom is 0.225 e. The molecule has 0 aliphatic heterocycles. The van der Waals surface area contributed by atoms with E-state index in [0.29, 0.717) is 5.95 Å². The minimum Gasteiger partial charge on any atom is -0.394 e. The van der Waals surface area contributed by atoms with Crippen molar-refractivity contribution >= 4 is 28.5 Å². The Bertz CT molecular complexity index is 265. The predicted molar refractivity (Wildman–Crippen MR) is 59.7 cm³/mol. The first-order valence-corrected chi connectivity index (χ1v) is 5.04. The summed E-state index contributed by atoms with van der Waals surface area (Å²) in [5, 5.41) is 8.92. The Morgan fingerprint density at radius 1 is 1.54 bits per heavy atom. The third kappa shape index (κ3) is 2.77. The van der Waals surface area contributed by atoms with Crippen LogP contribution >= 0.6 is 22.6 Å². The summed E-state index contributed by atoms with van der Waals surface area (Å²) in [5.41, 5.74) is 0. The highest BCUT2D eigenvalue weighted by Crippen LogP contribution is 2.09. The van der Waals surface area contributed by atoms with Crippen LogP contribution in [-0.2, 0) is 0 Å². The minimum atomic E-state index is 0.0417. The van der Waals surface area contributed by atoms with Crippen LogP contribution in [0.4, 0.5) is 5.95 Å². The highest BCUT2D eigenvalue weighted by molar-refractivity contribution is 14.1. The number of hydrogen-bond acceptors (Lipinski definition) is 4. The van der Waals surface area contributed by atoms with Crippen LogP contribution in [0.5, 0.6) is 0 Å². The fourth-order valence-corrected chi connectivity index (χ4v) is 1.09. The number of rotatable bonds is 3. The number of likely N-dealkylation sites (N-methyl/N-ethyl adjacent to an activating group) is 1. The number of halogens is 1. The van der Waals surface area contributed by atoms with Gasteiger partial charge in [-0.15, -0.1) is 0 Å². The van der Waals surface area contributed by atoms with Gasteiger partial charge >= 0.3 is 0 Å². The molecule has 1 aromatic heterocycles. The highest BCUT2D eigenvalue weighted by Gasteiger charge is 2.10. The van der Waals surface area contributed by atoms with Gasteiger partial charge < -0.3 is 10.0 Å². The standard InChI is InChI=1S/C8H12IN3O/c1-6(5-13)12(2)8-10-3-7(9)4-11-8/h3-4,6,13H,5H2,1-2H3. The quantitative estimate of drug-likeness (QED) is 0.841. The smallest absolute Gasteiger partial charge is 0.225 e. The van der Waals surface area contributed by atoms with Crippen LogP contribution in [-0.4, -0.2) is 34.8 Å². The lowest BCUT2D eigenvalue weighted by Gasteiger charge is -2.22. The van der Waals surface area contributed by atoms with Crippen LogP contribution in [0.25, 0.3) is 0 Å². The van der Waals surface area contributed by atoms with Gasteiger partial charge in [0, 0.05) is 23.0 Å². The Morgan fingerprint density at radius 3 is 2.54 bits per heavy atom. The van der Waals surface area contributed by atoms with E-state index in [2.05, 4.69) is 32.6 Å². The van der Waals surface area contributed by atoms with Crippen LogP contribution in [0.2, 0.25) is 0 Å². The van der Waals surface area contributed by atoms with Crippen molar-refractivity contribution in [1.29, 1.82) is 0 Å². The molecule has 0 radical (unpaired) electrons. The van der Waals surface area contributed by atoms with E-state index < -0.39 is 0 Å². The zero-order valence-corrected chi connectivity index (χ0v) is 9.76. The third-order valence-electron chi connectivity index (χ3n) is 1.85. The van der Waals surface area contributed by atoms with E-state index in [1.54, 1.807) is 12.4 Å². The summed E-state index contributed by atoms with van der Waals surface area (Å²) in [7, 11) is 1.86. The van der Waals surface area contributed by atoms with Crippen molar-refractivity contribution in [3.8, 4) is 0 Å². The van der Waals surface area contributed by atoms with E-state index >= 15 is 0 Å². The molecule has 0 saturated heterocycles. The topological polar surface area (TPSA) is 49.2 Å². The number of nitrogens with zero attached hydrogens (tertiary/aromatic N) is 3. The maximum absolute atomic E-state index is 8.92. The van der Waals surface area contributed by atoms with Gasteiger partial charge in [0.05, 0.1) is 12.6 Å². The summed E-state index contributed by atoms with van der Waals surface area (Å²) in [5.74, 6) is 0.641. The van der Waals surface area contributed by atoms with E-state index in [-0.39, 0.29) is 12.6 Å². The number of aromatic nitrogens is 2. The first-order valence-electron chi connectivity index (χ1n) is 3.96. The van der Waals surface area contributed by atoms with E-state index in [1.807, 2.05) is 18.9 Å². The lowest BCUT2D eigenvalue weighted by atomic mass is 10.3. The van der Waals surface area contributed by atoms with Crippen molar-refractivity contribution in [2.24, 2.45) is 0 Å². The Balaban J connectivity index is 2.77. The second-order valence-electron chi connectivity index (χ2n) is 2.84. The van der Waals surface area contributed by atoms with Gasteiger partial charge in [0.2, 0.25) is 5.95 Å². The van der Waals surface area contributed by atoms with Crippen LogP contribution in [0.1, 0.15) is 6.92 Å². The molecule has 1 unspecified atom stereocenters. The van der Waals surface area contributed by atoms with Gasteiger partial charge in [0.25, 0.3) is 0 Å². The summed E-state index contributed by atoms with van der Waals surface area (Å²) in [6.07, 6.45) is 3.51. The van der Waals surface area contributed by atoms with E-state index in [4.69, 9.17) is 5.11 Å². The monoisotopic (exact) mass is 293 g/mol. The Kier molecular flexibility index (Phi) is 3.86. The molecule has 0 amide bonds. The summed E-state index contributed by atoms with van der Waals surface area (Å²) < 4.78 is 1.01. The fraction of sp³-hybridized carbons (Fsp3) is 0.500. The first kappa shape index (κ1) is 10.6. The maximum atomic E-state index is 8.92. The fourth-order valence-electron chi connectivity index (χ4n) is 0.807. The molecule has 0 fully saturated rings. The SMILES string of the molecule is CC(CO)N(C)c1ncc(I)cn1. The predicted octanol–water partition coefficient (Wildman–Crippen LogP) is 0.898. The molecule has 0 aromatic carbocycles. The molecule has 5 heteroatoms. The van der Waals surface area contributed by atoms with E-state index in [1.165, 1.54) is 0 Å². The van der Waals surface area contributed by atoms with Gasteiger partial charge in [-0.05, 0) is 29.5 Å². The normalized spacial score (nSPS) is 12.6.